The van der Waals surface area contributed by atoms with Crippen molar-refractivity contribution >= 4 is 26.8 Å². The van der Waals surface area contributed by atoms with Crippen molar-refractivity contribution in [1.29, 1.82) is 0 Å². The van der Waals surface area contributed by atoms with Crippen LogP contribution in [0.2, 0.25) is 0 Å². The summed E-state index contributed by atoms with van der Waals surface area (Å²) in [4.78, 5) is 28.2. The molecule has 3 rings (SSSR count). The summed E-state index contributed by atoms with van der Waals surface area (Å²) in [5.41, 5.74) is 0.259. The lowest BCUT2D eigenvalue weighted by molar-refractivity contribution is 0.0621. The van der Waals surface area contributed by atoms with Crippen molar-refractivity contribution in [1.82, 2.24) is 13.8 Å². The molecule has 2 aromatic rings. The van der Waals surface area contributed by atoms with Crippen molar-refractivity contribution in [2.75, 3.05) is 26.2 Å². The number of fused-ring (bicyclic) bond motifs is 1. The van der Waals surface area contributed by atoms with Crippen LogP contribution in [0.1, 0.15) is 44.5 Å². The van der Waals surface area contributed by atoms with E-state index in [4.69, 9.17) is 0 Å². The van der Waals surface area contributed by atoms with E-state index in [-0.39, 0.29) is 21.8 Å². The molecule has 0 N–H and O–H groups in total. The van der Waals surface area contributed by atoms with E-state index in [1.807, 2.05) is 0 Å². The first-order chi connectivity index (χ1) is 14.1. The lowest BCUT2D eigenvalue weighted by Crippen LogP contribution is -2.44. The van der Waals surface area contributed by atoms with Crippen LogP contribution in [-0.4, -0.2) is 54.3 Å². The van der Waals surface area contributed by atoms with Gasteiger partial charge in [-0.2, -0.15) is 4.31 Å². The van der Waals surface area contributed by atoms with Crippen molar-refractivity contribution in [3.63, 3.8) is 0 Å². The third-order valence-electron chi connectivity index (χ3n) is 5.89. The zero-order valence-electron chi connectivity index (χ0n) is 18.4. The maximum atomic E-state index is 13.2. The fourth-order valence-corrected chi connectivity index (χ4v) is 5.98. The molecule has 7 nitrogen and oxygen atoms in total. The number of amides is 1. The van der Waals surface area contributed by atoms with E-state index in [2.05, 4.69) is 13.8 Å². The summed E-state index contributed by atoms with van der Waals surface area (Å²) in [5, 5.41) is 0.245. The molecular formula is C22H31N3O4S. The van der Waals surface area contributed by atoms with Gasteiger partial charge in [0.15, 0.2) is 0 Å². The second-order valence-corrected chi connectivity index (χ2v) is 10.3. The van der Waals surface area contributed by atoms with Crippen molar-refractivity contribution < 1.29 is 13.2 Å². The highest BCUT2D eigenvalue weighted by Crippen LogP contribution is 2.24. The van der Waals surface area contributed by atoms with E-state index < -0.39 is 15.5 Å². The Morgan fingerprint density at radius 3 is 2.30 bits per heavy atom. The maximum absolute atomic E-state index is 13.2. The molecule has 0 unspecified atom stereocenters. The molecule has 0 aliphatic carbocycles. The zero-order chi connectivity index (χ0) is 22.2. The summed E-state index contributed by atoms with van der Waals surface area (Å²) in [5.74, 6) is 0.480. The Morgan fingerprint density at radius 2 is 1.73 bits per heavy atom. The molecule has 0 spiro atoms. The number of aromatic nitrogens is 1. The number of pyridine rings is 1. The van der Waals surface area contributed by atoms with Crippen LogP contribution in [0.3, 0.4) is 0 Å². The van der Waals surface area contributed by atoms with Gasteiger partial charge in [-0.25, -0.2) is 8.42 Å². The smallest absolute Gasteiger partial charge is 0.259 e. The van der Waals surface area contributed by atoms with Gasteiger partial charge in [0.2, 0.25) is 15.5 Å². The lowest BCUT2D eigenvalue weighted by atomic mass is 9.91. The van der Waals surface area contributed by atoms with Crippen LogP contribution in [-0.2, 0) is 17.1 Å². The molecule has 0 bridgehead atoms. The molecule has 1 aliphatic heterocycles. The first-order valence-electron chi connectivity index (χ1n) is 10.5. The molecule has 30 heavy (non-hydrogen) atoms. The Bertz CT molecular complexity index is 1110. The number of likely N-dealkylation sites (tertiary alicyclic amines) is 1. The van der Waals surface area contributed by atoms with Crippen molar-refractivity contribution in [3.8, 4) is 0 Å². The summed E-state index contributed by atoms with van der Waals surface area (Å²) in [6, 6.07) is 4.56. The monoisotopic (exact) mass is 433 g/mol. The summed E-state index contributed by atoms with van der Waals surface area (Å²) in [6.07, 6.45) is 2.63. The molecule has 0 radical (unpaired) electrons. The Morgan fingerprint density at radius 1 is 1.13 bits per heavy atom. The third-order valence-corrected chi connectivity index (χ3v) is 7.94. The van der Waals surface area contributed by atoms with Crippen LogP contribution in [0, 0.1) is 11.8 Å². The predicted octanol–water partition coefficient (Wildman–Crippen LogP) is 2.69. The van der Waals surface area contributed by atoms with Crippen molar-refractivity contribution in [2.24, 2.45) is 18.9 Å². The first-order valence-corrected chi connectivity index (χ1v) is 12.0. The summed E-state index contributed by atoms with van der Waals surface area (Å²) >= 11 is 0. The van der Waals surface area contributed by atoms with Gasteiger partial charge in [0.1, 0.15) is 5.56 Å². The van der Waals surface area contributed by atoms with Gasteiger partial charge in [0.05, 0.1) is 10.4 Å². The van der Waals surface area contributed by atoms with Crippen LogP contribution in [0.25, 0.3) is 10.9 Å². The fraction of sp³-hybridized carbons (Fsp3) is 0.545. The minimum Gasteiger partial charge on any atom is -0.350 e. The van der Waals surface area contributed by atoms with Crippen molar-refractivity contribution in [2.45, 2.75) is 39.0 Å². The van der Waals surface area contributed by atoms with E-state index in [9.17, 15) is 18.0 Å². The number of hydrogen-bond donors (Lipinski definition) is 0. The summed E-state index contributed by atoms with van der Waals surface area (Å²) in [7, 11) is -1.94. The standard InChI is InChI=1S/C22H31N3O4S/c1-6-25(7-2)30(28,29)17-8-9-20-18(11-17)21(26)19(14-23(20)5)22(27)24-12-15(3)10-16(4)13-24/h8-9,11,14-16H,6-7,10,12-13H2,1-5H3/t15-,16-/m0/s1. The molecule has 0 saturated carbocycles. The van der Waals surface area contributed by atoms with E-state index >= 15 is 0 Å². The van der Waals surface area contributed by atoms with Gasteiger partial charge < -0.3 is 9.47 Å². The zero-order valence-corrected chi connectivity index (χ0v) is 19.2. The second-order valence-electron chi connectivity index (χ2n) is 8.41. The highest BCUT2D eigenvalue weighted by Gasteiger charge is 2.29. The molecule has 8 heteroatoms. The SMILES string of the molecule is CCN(CC)S(=O)(=O)c1ccc2c(c1)c(=O)c(C(=O)N1C[C@@H](C)C[C@H](C)C1)cn2C. The Labute approximate surface area is 178 Å². The number of benzene rings is 1. The molecular weight excluding hydrogens is 402 g/mol. The molecule has 1 saturated heterocycles. The average molecular weight is 434 g/mol. The van der Waals surface area contributed by atoms with E-state index in [0.29, 0.717) is 43.5 Å². The molecule has 1 aromatic heterocycles. The molecule has 1 aliphatic rings. The number of hydrogen-bond acceptors (Lipinski definition) is 4. The van der Waals surface area contributed by atoms with Crippen LogP contribution in [0.15, 0.2) is 34.1 Å². The van der Waals surface area contributed by atoms with Gasteiger partial charge in [-0.3, -0.25) is 9.59 Å². The molecule has 1 fully saturated rings. The second kappa shape index (κ2) is 8.51. The van der Waals surface area contributed by atoms with Gasteiger partial charge in [-0.15, -0.1) is 0 Å². The van der Waals surface area contributed by atoms with Crippen molar-refractivity contribution in [3.05, 3.63) is 40.2 Å². The summed E-state index contributed by atoms with van der Waals surface area (Å²) < 4.78 is 28.9. The van der Waals surface area contributed by atoms with Crippen LogP contribution >= 0.6 is 0 Å². The van der Waals surface area contributed by atoms with Gasteiger partial charge in [0.25, 0.3) is 5.91 Å². The van der Waals surface area contributed by atoms with E-state index in [0.717, 1.165) is 6.42 Å². The minimum atomic E-state index is -3.70. The highest BCUT2D eigenvalue weighted by molar-refractivity contribution is 7.89. The average Bonchev–Trinajstić information content (AvgIpc) is 2.69. The van der Waals surface area contributed by atoms with Crippen LogP contribution < -0.4 is 5.43 Å². The van der Waals surface area contributed by atoms with Gasteiger partial charge in [0, 0.05) is 44.8 Å². The first kappa shape index (κ1) is 22.5. The topological polar surface area (TPSA) is 79.7 Å². The molecule has 164 valence electrons. The molecule has 1 amide bonds. The van der Waals surface area contributed by atoms with E-state index in [1.54, 1.807) is 42.6 Å². The third kappa shape index (κ3) is 4.03. The number of carbonyl (C=O) groups is 1. The number of aryl methyl sites for hydroxylation is 1. The molecule has 2 heterocycles. The Hall–Kier alpha value is -2.19. The minimum absolute atomic E-state index is 0.0700. The predicted molar refractivity (Wildman–Crippen MR) is 118 cm³/mol. The Balaban J connectivity index is 2.11. The number of sulfonamides is 1. The maximum Gasteiger partial charge on any atom is 0.259 e. The molecule has 1 aromatic carbocycles. The Kier molecular flexibility index (Phi) is 6.38. The van der Waals surface area contributed by atoms with Gasteiger partial charge >= 0.3 is 0 Å². The largest absolute Gasteiger partial charge is 0.350 e. The highest BCUT2D eigenvalue weighted by atomic mass is 32.2. The van der Waals surface area contributed by atoms with Gasteiger partial charge in [-0.1, -0.05) is 27.7 Å². The summed E-state index contributed by atoms with van der Waals surface area (Å²) in [6.45, 7) is 9.72. The van der Waals surface area contributed by atoms with Crippen LogP contribution in [0.4, 0.5) is 0 Å². The quantitative estimate of drug-likeness (QED) is 0.726. The van der Waals surface area contributed by atoms with Gasteiger partial charge in [-0.05, 0) is 36.5 Å². The van der Waals surface area contributed by atoms with E-state index in [1.165, 1.54) is 16.4 Å². The number of rotatable bonds is 5. The number of nitrogens with zero attached hydrogens (tertiary/aromatic N) is 3. The number of carbonyl (C=O) groups excluding carboxylic acids is 1. The van der Waals surface area contributed by atoms with Crippen LogP contribution in [0.5, 0.6) is 0 Å². The number of piperidine rings is 1. The molecule has 2 atom stereocenters. The fourth-order valence-electron chi connectivity index (χ4n) is 4.50. The lowest BCUT2D eigenvalue weighted by Gasteiger charge is -2.35. The normalized spacial score (nSPS) is 20.1.